The Balaban J connectivity index is 2.32. The summed E-state index contributed by atoms with van der Waals surface area (Å²) < 4.78 is 6.10. The van der Waals surface area contributed by atoms with E-state index in [0.29, 0.717) is 0 Å². The molecule has 1 aliphatic heterocycles. The van der Waals surface area contributed by atoms with E-state index in [9.17, 15) is 20.1 Å². The first-order valence-corrected chi connectivity index (χ1v) is 5.48. The van der Waals surface area contributed by atoms with Gasteiger partial charge in [0.05, 0.1) is 12.8 Å². The number of hydrogen-bond donors (Lipinski definition) is 5. The second-order valence-electron chi connectivity index (χ2n) is 4.15. The maximum absolute atomic E-state index is 11.2. The average molecular weight is 274 g/mol. The van der Waals surface area contributed by atoms with E-state index in [1.807, 2.05) is 0 Å². The van der Waals surface area contributed by atoms with Gasteiger partial charge in [-0.2, -0.15) is 0 Å². The predicted octanol–water partition coefficient (Wildman–Crippen LogP) is -3.65. The number of carbonyl (C=O) groups is 1. The molecule has 5 atom stereocenters. The van der Waals surface area contributed by atoms with Gasteiger partial charge in [-0.15, -0.1) is 5.10 Å². The molecule has 2 heterocycles. The Bertz CT molecular complexity index is 463. The van der Waals surface area contributed by atoms with E-state index in [4.69, 9.17) is 15.6 Å². The fourth-order valence-corrected chi connectivity index (χ4v) is 1.89. The van der Waals surface area contributed by atoms with Gasteiger partial charge in [-0.05, 0) is 0 Å². The van der Waals surface area contributed by atoms with Gasteiger partial charge in [-0.1, -0.05) is 5.21 Å². The van der Waals surface area contributed by atoms with Crippen molar-refractivity contribution in [3.63, 3.8) is 0 Å². The van der Waals surface area contributed by atoms with Crippen LogP contribution in [0.2, 0.25) is 0 Å². The summed E-state index contributed by atoms with van der Waals surface area (Å²) in [6, 6.07) is 0. The standard InChI is InChI=1S/C9H14N4O6/c10-8(18)3-1-11-12-13(3)9-7(17)6(16)5(15)4(2-14)19-9/h1,4-7,9,14-17H,2H2,(H2,10,18)/t4-,5-,6+,7-,9-/m1/s1. The molecular weight excluding hydrogens is 260 g/mol. The number of nitrogens with two attached hydrogens (primary N) is 1. The summed E-state index contributed by atoms with van der Waals surface area (Å²) >= 11 is 0. The lowest BCUT2D eigenvalue weighted by atomic mass is 9.98. The number of carbonyl (C=O) groups excluding carboxylic acids is 1. The Morgan fingerprint density at radius 2 is 2.05 bits per heavy atom. The van der Waals surface area contributed by atoms with Crippen molar-refractivity contribution in [1.82, 2.24) is 15.0 Å². The van der Waals surface area contributed by atoms with Crippen LogP contribution in [0, 0.1) is 0 Å². The van der Waals surface area contributed by atoms with Gasteiger partial charge in [0.25, 0.3) is 5.91 Å². The second kappa shape index (κ2) is 5.19. The van der Waals surface area contributed by atoms with Crippen molar-refractivity contribution in [1.29, 1.82) is 0 Å². The van der Waals surface area contributed by atoms with Crippen molar-refractivity contribution in [2.45, 2.75) is 30.6 Å². The molecule has 6 N–H and O–H groups in total. The topological polar surface area (TPSA) is 164 Å². The maximum atomic E-state index is 11.2. The molecule has 1 aromatic rings. The van der Waals surface area contributed by atoms with Crippen molar-refractivity contribution in [2.75, 3.05) is 6.61 Å². The van der Waals surface area contributed by atoms with Crippen LogP contribution < -0.4 is 5.73 Å². The van der Waals surface area contributed by atoms with Crippen LogP contribution in [-0.2, 0) is 4.74 Å². The van der Waals surface area contributed by atoms with E-state index < -0.39 is 43.2 Å². The number of ether oxygens (including phenoxy) is 1. The zero-order chi connectivity index (χ0) is 14.2. The molecule has 1 saturated heterocycles. The predicted molar refractivity (Wildman–Crippen MR) is 57.6 cm³/mol. The number of aromatic nitrogens is 3. The summed E-state index contributed by atoms with van der Waals surface area (Å²) in [5, 5.41) is 45.1. The summed E-state index contributed by atoms with van der Waals surface area (Å²) in [7, 11) is 0. The van der Waals surface area contributed by atoms with Crippen molar-refractivity contribution in [2.24, 2.45) is 5.73 Å². The van der Waals surface area contributed by atoms with Gasteiger partial charge in [-0.3, -0.25) is 4.79 Å². The molecule has 1 aliphatic rings. The highest BCUT2D eigenvalue weighted by molar-refractivity contribution is 5.90. The van der Waals surface area contributed by atoms with Crippen LogP contribution in [0.3, 0.4) is 0 Å². The van der Waals surface area contributed by atoms with Gasteiger partial charge in [-0.25, -0.2) is 4.68 Å². The first-order chi connectivity index (χ1) is 8.97. The van der Waals surface area contributed by atoms with E-state index >= 15 is 0 Å². The van der Waals surface area contributed by atoms with E-state index in [-0.39, 0.29) is 5.69 Å². The molecule has 0 aliphatic carbocycles. The third-order valence-electron chi connectivity index (χ3n) is 2.94. The minimum atomic E-state index is -1.57. The Kier molecular flexibility index (Phi) is 3.78. The number of nitrogens with zero attached hydrogens (tertiary/aromatic N) is 3. The molecule has 1 fully saturated rings. The number of amides is 1. The Morgan fingerprint density at radius 1 is 1.37 bits per heavy atom. The SMILES string of the molecule is NC(=O)c1cnnn1[C@@H]1O[C@H](CO)[C@@H](O)[C@H](O)[C@H]1O. The third-order valence-corrected chi connectivity index (χ3v) is 2.94. The minimum Gasteiger partial charge on any atom is -0.394 e. The summed E-state index contributed by atoms with van der Waals surface area (Å²) in [4.78, 5) is 11.2. The summed E-state index contributed by atoms with van der Waals surface area (Å²) in [6.45, 7) is -0.581. The molecule has 0 spiro atoms. The lowest BCUT2D eigenvalue weighted by molar-refractivity contribution is -0.254. The van der Waals surface area contributed by atoms with Gasteiger partial charge in [0.2, 0.25) is 0 Å². The molecule has 19 heavy (non-hydrogen) atoms. The molecule has 0 aromatic carbocycles. The quantitative estimate of drug-likeness (QED) is 0.376. The summed E-state index contributed by atoms with van der Waals surface area (Å²) in [5.41, 5.74) is 4.97. The molecule has 0 bridgehead atoms. The van der Waals surface area contributed by atoms with Crippen molar-refractivity contribution in [3.05, 3.63) is 11.9 Å². The smallest absolute Gasteiger partial charge is 0.268 e. The van der Waals surface area contributed by atoms with E-state index in [0.717, 1.165) is 10.9 Å². The van der Waals surface area contributed by atoms with Gasteiger partial charge < -0.3 is 30.9 Å². The number of aliphatic hydroxyl groups excluding tert-OH is 4. The normalized spacial score (nSPS) is 35.3. The van der Waals surface area contributed by atoms with Crippen molar-refractivity contribution >= 4 is 5.91 Å². The number of rotatable bonds is 3. The first-order valence-electron chi connectivity index (χ1n) is 5.48. The van der Waals surface area contributed by atoms with Gasteiger partial charge >= 0.3 is 0 Å². The van der Waals surface area contributed by atoms with E-state index in [2.05, 4.69) is 10.3 Å². The highest BCUT2D eigenvalue weighted by atomic mass is 16.6. The molecule has 106 valence electrons. The fourth-order valence-electron chi connectivity index (χ4n) is 1.89. The zero-order valence-corrected chi connectivity index (χ0v) is 9.70. The van der Waals surface area contributed by atoms with Gasteiger partial charge in [0.15, 0.2) is 6.23 Å². The van der Waals surface area contributed by atoms with Crippen LogP contribution >= 0.6 is 0 Å². The summed E-state index contributed by atoms with van der Waals surface area (Å²) in [6.07, 6.45) is -5.94. The monoisotopic (exact) mass is 274 g/mol. The minimum absolute atomic E-state index is 0.135. The van der Waals surface area contributed by atoms with Crippen LogP contribution in [0.25, 0.3) is 0 Å². The fraction of sp³-hybridized carbons (Fsp3) is 0.667. The third kappa shape index (κ3) is 2.31. The van der Waals surface area contributed by atoms with Crippen LogP contribution in [0.1, 0.15) is 16.7 Å². The molecule has 0 saturated carbocycles. The molecule has 1 aromatic heterocycles. The van der Waals surface area contributed by atoms with Crippen LogP contribution in [-0.4, -0.2) is 72.3 Å². The molecule has 0 unspecified atom stereocenters. The van der Waals surface area contributed by atoms with E-state index in [1.165, 1.54) is 0 Å². The van der Waals surface area contributed by atoms with Crippen molar-refractivity contribution in [3.8, 4) is 0 Å². The largest absolute Gasteiger partial charge is 0.394 e. The zero-order valence-electron chi connectivity index (χ0n) is 9.70. The Morgan fingerprint density at radius 3 is 2.63 bits per heavy atom. The number of primary amides is 1. The molecular formula is C9H14N4O6. The Hall–Kier alpha value is -1.59. The molecule has 0 radical (unpaired) electrons. The molecule has 1 amide bonds. The molecule has 10 nitrogen and oxygen atoms in total. The number of hydrogen-bond acceptors (Lipinski definition) is 8. The highest BCUT2D eigenvalue weighted by Crippen LogP contribution is 2.28. The van der Waals surface area contributed by atoms with Crippen LogP contribution in [0.4, 0.5) is 0 Å². The van der Waals surface area contributed by atoms with Crippen LogP contribution in [0.5, 0.6) is 0 Å². The van der Waals surface area contributed by atoms with Gasteiger partial charge in [0.1, 0.15) is 30.1 Å². The number of aliphatic hydroxyl groups is 4. The lowest BCUT2D eigenvalue weighted by Gasteiger charge is -2.39. The average Bonchev–Trinajstić information content (AvgIpc) is 2.85. The van der Waals surface area contributed by atoms with Gasteiger partial charge in [0, 0.05) is 0 Å². The molecule has 2 rings (SSSR count). The van der Waals surface area contributed by atoms with E-state index in [1.54, 1.807) is 0 Å². The maximum Gasteiger partial charge on any atom is 0.268 e. The lowest BCUT2D eigenvalue weighted by Crippen LogP contribution is -2.57. The second-order valence-corrected chi connectivity index (χ2v) is 4.15. The summed E-state index contributed by atoms with van der Waals surface area (Å²) in [5.74, 6) is -0.845. The molecule has 10 heteroatoms. The van der Waals surface area contributed by atoms with Crippen molar-refractivity contribution < 1.29 is 30.0 Å². The Labute approximate surface area is 107 Å². The highest BCUT2D eigenvalue weighted by Gasteiger charge is 2.45. The first kappa shape index (κ1) is 13.8. The van der Waals surface area contributed by atoms with Crippen LogP contribution in [0.15, 0.2) is 6.20 Å².